The van der Waals surface area contributed by atoms with E-state index in [0.29, 0.717) is 22.3 Å². The number of nitrogens with two attached hydrogens (primary N) is 2. The van der Waals surface area contributed by atoms with E-state index in [1.165, 1.54) is 67.2 Å². The van der Waals surface area contributed by atoms with E-state index in [4.69, 9.17) is 11.5 Å². The third-order valence-electron chi connectivity index (χ3n) is 13.0. The molecule has 4 aromatic carbocycles. The zero-order valence-electron chi connectivity index (χ0n) is 47.0. The summed E-state index contributed by atoms with van der Waals surface area (Å²) in [5.41, 5.74) is 12.5. The number of primary amides is 1. The SMILES string of the molecule is CSCC[C@H](NC(=O)[C@H](Cc1ccc(O)cc1)NC(=O)[C@H](Cc1ccc(O)cc1)NC(=O)[C@H](CO)NC(=O)[C@H](CO)NC(=O)[C@H](Cc1ccccc1)NC(=O)[C@@H](NC(=O)[C@H](Cc1ccccc1)NC(=O)CN)[C@@H](C)O)C(=O)N[C@@H](CC(N)=O)C(=O)O. The van der Waals surface area contributed by atoms with Crippen molar-refractivity contribution in [3.8, 4) is 11.5 Å². The second-order valence-electron chi connectivity index (χ2n) is 19.8. The summed E-state index contributed by atoms with van der Waals surface area (Å²) in [5.74, 6) is -11.9. The first-order valence-corrected chi connectivity index (χ1v) is 28.3. The number of carboxylic acids is 1. The zero-order chi connectivity index (χ0) is 63.5. The molecule has 0 radical (unpaired) electrons. The fourth-order valence-corrected chi connectivity index (χ4v) is 8.85. The maximum absolute atomic E-state index is 14.5. The minimum Gasteiger partial charge on any atom is -0.508 e. The van der Waals surface area contributed by atoms with Crippen LogP contribution < -0.4 is 59.3 Å². The van der Waals surface area contributed by atoms with E-state index in [2.05, 4.69) is 47.9 Å². The van der Waals surface area contributed by atoms with Crippen LogP contribution in [0.1, 0.15) is 42.0 Å². The van der Waals surface area contributed by atoms with Gasteiger partial charge in [0.05, 0.1) is 32.3 Å². The van der Waals surface area contributed by atoms with Crippen molar-refractivity contribution in [2.75, 3.05) is 31.8 Å². The van der Waals surface area contributed by atoms with Gasteiger partial charge in [0.15, 0.2) is 0 Å². The molecule has 0 aromatic heterocycles. The minimum atomic E-state index is -1.92. The van der Waals surface area contributed by atoms with Crippen LogP contribution in [0.5, 0.6) is 11.5 Å². The number of hydrogen-bond acceptors (Lipinski definition) is 18. The van der Waals surface area contributed by atoms with Crippen LogP contribution in [0.15, 0.2) is 109 Å². The molecule has 86 heavy (non-hydrogen) atoms. The summed E-state index contributed by atoms with van der Waals surface area (Å²) in [6.07, 6.45) is -1.71. The number of aromatic hydroxyl groups is 2. The molecule has 10 amide bonds. The Kier molecular flexibility index (Phi) is 28.4. The van der Waals surface area contributed by atoms with E-state index in [1.54, 1.807) is 66.9 Å². The van der Waals surface area contributed by atoms with Crippen LogP contribution in [-0.2, 0) is 78.4 Å². The number of nitrogens with one attached hydrogen (secondary N) is 9. The van der Waals surface area contributed by atoms with Crippen LogP contribution in [0, 0.1) is 0 Å². The summed E-state index contributed by atoms with van der Waals surface area (Å²) >= 11 is 1.28. The summed E-state index contributed by atoms with van der Waals surface area (Å²) in [5, 5.41) is 83.0. The lowest BCUT2D eigenvalue weighted by Gasteiger charge is -2.28. The van der Waals surface area contributed by atoms with Crippen LogP contribution in [0.4, 0.5) is 0 Å². The predicted octanol–water partition coefficient (Wildman–Crippen LogP) is -4.23. The number of phenols is 2. The fourth-order valence-electron chi connectivity index (χ4n) is 8.37. The number of carboxylic acid groups (broad SMARTS) is 1. The minimum absolute atomic E-state index is 0.0397. The molecule has 0 saturated carbocycles. The molecule has 0 aliphatic carbocycles. The first-order valence-electron chi connectivity index (χ1n) is 26.9. The van der Waals surface area contributed by atoms with Crippen LogP contribution in [0.2, 0.25) is 0 Å². The van der Waals surface area contributed by atoms with E-state index in [0.717, 1.165) is 0 Å². The van der Waals surface area contributed by atoms with E-state index >= 15 is 0 Å². The molecule has 0 aliphatic rings. The zero-order valence-corrected chi connectivity index (χ0v) is 47.8. The van der Waals surface area contributed by atoms with Crippen LogP contribution in [-0.4, -0.2) is 188 Å². The Morgan fingerprint density at radius 2 is 0.779 bits per heavy atom. The van der Waals surface area contributed by atoms with Gasteiger partial charge in [-0.05, 0) is 71.9 Å². The number of hydrogen-bond donors (Lipinski definition) is 17. The Bertz CT molecular complexity index is 2950. The lowest BCUT2D eigenvalue weighted by molar-refractivity contribution is -0.143. The van der Waals surface area contributed by atoms with Gasteiger partial charge in [-0.25, -0.2) is 4.79 Å². The Hall–Kier alpha value is -9.16. The smallest absolute Gasteiger partial charge is 0.326 e. The molecule has 28 nitrogen and oxygen atoms in total. The number of phenolic OH excluding ortho intramolecular Hbond substituents is 2. The Morgan fingerprint density at radius 1 is 0.453 bits per heavy atom. The predicted molar refractivity (Wildman–Crippen MR) is 311 cm³/mol. The van der Waals surface area contributed by atoms with Gasteiger partial charge >= 0.3 is 5.97 Å². The highest BCUT2D eigenvalue weighted by molar-refractivity contribution is 7.98. The fraction of sp³-hybridized carbons (Fsp3) is 0.386. The molecular formula is C57H73N11O17S. The lowest BCUT2D eigenvalue weighted by Crippen LogP contribution is -2.62. The van der Waals surface area contributed by atoms with Crippen molar-refractivity contribution < 1.29 is 83.4 Å². The Balaban J connectivity index is 1.58. The number of rotatable bonds is 35. The summed E-state index contributed by atoms with van der Waals surface area (Å²) in [7, 11) is 0. The largest absolute Gasteiger partial charge is 0.508 e. The summed E-state index contributed by atoms with van der Waals surface area (Å²) < 4.78 is 0. The van der Waals surface area contributed by atoms with Crippen molar-refractivity contribution in [1.82, 2.24) is 47.9 Å². The van der Waals surface area contributed by atoms with Crippen molar-refractivity contribution in [1.29, 1.82) is 0 Å². The molecule has 0 heterocycles. The van der Waals surface area contributed by atoms with Gasteiger partial charge in [0.2, 0.25) is 59.1 Å². The molecule has 0 fully saturated rings. The number of carbonyl (C=O) groups excluding carboxylic acids is 10. The number of aliphatic carboxylic acids is 1. The maximum atomic E-state index is 14.5. The standard InChI is InChI=1S/C57H73N11O17S/c1-31(71)48(68-53(80)39(60-47(75)28-58)23-32-9-5-3-6-10-32)56(83)64-42(24-33-11-7-4-8-12-33)52(79)66-45(30-70)55(82)67-44(29-69)54(81)63-41(26-35-15-19-37(73)20-16-35)51(78)62-40(25-34-13-17-36(72)18-14-34)50(77)61-38(21-22-86-2)49(76)65-43(57(84)85)27-46(59)74/h3-20,31,38-45,48,69-73H,21-30,58H2,1-2H3,(H2,59,74)(H,60,75)(H,61,77)(H,62,78)(H,63,81)(H,64,83)(H,65,76)(H,66,79)(H,67,82)(H,68,80)(H,84,85)/t31-,38+,39+,40+,41+,42+,43+,44+,45+,48+/m1/s1. The quantitative estimate of drug-likeness (QED) is 0.0208. The second kappa shape index (κ2) is 35.2. The normalized spacial score (nSPS) is 14.4. The highest BCUT2D eigenvalue weighted by Crippen LogP contribution is 2.16. The molecule has 19 N–H and O–H groups in total. The van der Waals surface area contributed by atoms with Crippen molar-refractivity contribution in [2.24, 2.45) is 11.5 Å². The number of aliphatic hydroxyl groups excluding tert-OH is 3. The number of benzene rings is 4. The summed E-state index contributed by atoms with van der Waals surface area (Å²) in [6, 6.07) is 12.7. The van der Waals surface area contributed by atoms with E-state index < -0.39 is 152 Å². The van der Waals surface area contributed by atoms with E-state index in [9.17, 15) is 83.4 Å². The molecule has 29 heteroatoms. The molecular weight excluding hydrogens is 1140 g/mol. The van der Waals surface area contributed by atoms with Gasteiger partial charge in [0.25, 0.3) is 0 Å². The van der Waals surface area contributed by atoms with Gasteiger partial charge in [-0.2, -0.15) is 11.8 Å². The Labute approximate surface area is 498 Å². The molecule has 10 atom stereocenters. The molecule has 0 unspecified atom stereocenters. The number of aliphatic hydroxyl groups is 3. The number of thioether (sulfide) groups is 1. The first-order chi connectivity index (χ1) is 40.9. The van der Waals surface area contributed by atoms with Gasteiger partial charge in [-0.3, -0.25) is 47.9 Å². The van der Waals surface area contributed by atoms with Gasteiger partial charge in [0, 0.05) is 25.7 Å². The van der Waals surface area contributed by atoms with Crippen LogP contribution in [0.25, 0.3) is 0 Å². The molecule has 4 rings (SSSR count). The molecule has 4 aromatic rings. The van der Waals surface area contributed by atoms with Crippen molar-refractivity contribution in [3.05, 3.63) is 131 Å². The lowest BCUT2D eigenvalue weighted by atomic mass is 10.0. The highest BCUT2D eigenvalue weighted by atomic mass is 32.2. The van der Waals surface area contributed by atoms with Gasteiger partial charge < -0.3 is 90.0 Å². The molecule has 0 bridgehead atoms. The summed E-state index contributed by atoms with van der Waals surface area (Å²) in [4.78, 5) is 148. The van der Waals surface area contributed by atoms with Gasteiger partial charge in [-0.1, -0.05) is 84.9 Å². The van der Waals surface area contributed by atoms with Gasteiger partial charge in [0.1, 0.15) is 65.9 Å². The second-order valence-corrected chi connectivity index (χ2v) is 20.7. The molecule has 464 valence electrons. The maximum Gasteiger partial charge on any atom is 0.326 e. The van der Waals surface area contributed by atoms with Crippen molar-refractivity contribution >= 4 is 76.8 Å². The summed E-state index contributed by atoms with van der Waals surface area (Å²) in [6.45, 7) is -1.56. The van der Waals surface area contributed by atoms with Crippen molar-refractivity contribution in [3.63, 3.8) is 0 Å². The van der Waals surface area contributed by atoms with E-state index in [-0.39, 0.29) is 49.4 Å². The molecule has 0 spiro atoms. The van der Waals surface area contributed by atoms with Crippen LogP contribution in [0.3, 0.4) is 0 Å². The average Bonchev–Trinajstić information content (AvgIpc) is 3.34. The first kappa shape index (κ1) is 69.3. The number of carbonyl (C=O) groups is 11. The third kappa shape index (κ3) is 23.1. The third-order valence-corrected chi connectivity index (χ3v) is 13.7. The average molecular weight is 1220 g/mol. The van der Waals surface area contributed by atoms with Crippen molar-refractivity contribution in [2.45, 2.75) is 106 Å². The molecule has 0 saturated heterocycles. The topological polar surface area (TPSA) is 469 Å². The molecule has 0 aliphatic heterocycles. The highest BCUT2D eigenvalue weighted by Gasteiger charge is 2.37. The number of amides is 10. The van der Waals surface area contributed by atoms with E-state index in [1.807, 2.05) is 0 Å². The monoisotopic (exact) mass is 1220 g/mol. The van der Waals surface area contributed by atoms with Crippen LogP contribution >= 0.6 is 11.8 Å². The van der Waals surface area contributed by atoms with Gasteiger partial charge in [-0.15, -0.1) is 0 Å². The Morgan fingerprint density at radius 3 is 1.14 bits per heavy atom.